The van der Waals surface area contributed by atoms with Crippen LogP contribution < -0.4 is 4.74 Å². The van der Waals surface area contributed by atoms with Gasteiger partial charge < -0.3 is 9.47 Å². The first kappa shape index (κ1) is 13.0. The molecule has 0 radical (unpaired) electrons. The highest BCUT2D eigenvalue weighted by Gasteiger charge is 2.33. The Labute approximate surface area is 112 Å². The summed E-state index contributed by atoms with van der Waals surface area (Å²) in [5.74, 6) is 1.09. The van der Waals surface area contributed by atoms with Gasteiger partial charge in [-0.15, -0.1) is 11.6 Å². The Balaban J connectivity index is 2.28. The number of alkyl halides is 1. The predicted molar refractivity (Wildman–Crippen MR) is 70.1 cm³/mol. The van der Waals surface area contributed by atoms with Gasteiger partial charge in [-0.2, -0.15) is 0 Å². The molecule has 94 valence electrons. The van der Waals surface area contributed by atoms with Crippen molar-refractivity contribution in [1.29, 1.82) is 0 Å². The molecule has 2 rings (SSSR count). The molecule has 0 spiro atoms. The fourth-order valence-electron chi connectivity index (χ4n) is 2.28. The van der Waals surface area contributed by atoms with Crippen LogP contribution in [0.4, 0.5) is 0 Å². The summed E-state index contributed by atoms with van der Waals surface area (Å²) in [6.07, 6.45) is 1.16. The topological polar surface area (TPSA) is 18.5 Å². The van der Waals surface area contributed by atoms with E-state index in [1.807, 2.05) is 18.2 Å². The highest BCUT2D eigenvalue weighted by molar-refractivity contribution is 6.31. The molecule has 1 aromatic rings. The van der Waals surface area contributed by atoms with Crippen molar-refractivity contribution < 1.29 is 9.47 Å². The van der Waals surface area contributed by atoms with Crippen LogP contribution in [0.25, 0.3) is 0 Å². The number of hydrogen-bond donors (Lipinski definition) is 0. The molecule has 1 saturated heterocycles. The lowest BCUT2D eigenvalue weighted by atomic mass is 9.93. The van der Waals surface area contributed by atoms with Crippen molar-refractivity contribution in [2.75, 3.05) is 13.7 Å². The van der Waals surface area contributed by atoms with E-state index >= 15 is 0 Å². The third-order valence-electron chi connectivity index (χ3n) is 3.30. The summed E-state index contributed by atoms with van der Waals surface area (Å²) in [6.45, 7) is 2.84. The monoisotopic (exact) mass is 274 g/mol. The summed E-state index contributed by atoms with van der Waals surface area (Å²) in [7, 11) is 1.64. The van der Waals surface area contributed by atoms with Gasteiger partial charge in [0.05, 0.1) is 18.6 Å². The summed E-state index contributed by atoms with van der Waals surface area (Å²) < 4.78 is 10.9. The molecule has 0 aromatic heterocycles. The molecule has 0 saturated carbocycles. The molecule has 1 heterocycles. The molecule has 1 aliphatic rings. The Hall–Kier alpha value is -0.440. The van der Waals surface area contributed by atoms with Crippen LogP contribution in [0.2, 0.25) is 5.02 Å². The van der Waals surface area contributed by atoms with Crippen LogP contribution in [0.3, 0.4) is 0 Å². The number of benzene rings is 1. The van der Waals surface area contributed by atoms with Crippen molar-refractivity contribution in [1.82, 2.24) is 0 Å². The maximum Gasteiger partial charge on any atom is 0.123 e. The van der Waals surface area contributed by atoms with Crippen LogP contribution in [0.5, 0.6) is 5.75 Å². The third kappa shape index (κ3) is 2.70. The maximum absolute atomic E-state index is 6.54. The lowest BCUT2D eigenvalue weighted by Crippen LogP contribution is -2.17. The molecule has 0 N–H and O–H groups in total. The molecule has 17 heavy (non-hydrogen) atoms. The van der Waals surface area contributed by atoms with Crippen molar-refractivity contribution in [3.05, 3.63) is 28.8 Å². The fourth-order valence-corrected chi connectivity index (χ4v) is 2.97. The zero-order valence-corrected chi connectivity index (χ0v) is 11.5. The highest BCUT2D eigenvalue weighted by atomic mass is 35.5. The Kier molecular flexibility index (Phi) is 4.18. The van der Waals surface area contributed by atoms with Crippen molar-refractivity contribution in [3.63, 3.8) is 0 Å². The lowest BCUT2D eigenvalue weighted by molar-refractivity contribution is 0.104. The van der Waals surface area contributed by atoms with Crippen LogP contribution >= 0.6 is 23.2 Å². The Morgan fingerprint density at radius 3 is 2.82 bits per heavy atom. The molecule has 3 atom stereocenters. The molecule has 2 nitrogen and oxygen atoms in total. The van der Waals surface area contributed by atoms with Crippen molar-refractivity contribution in [2.45, 2.75) is 24.8 Å². The van der Waals surface area contributed by atoms with E-state index < -0.39 is 0 Å². The van der Waals surface area contributed by atoms with Gasteiger partial charge in [0.2, 0.25) is 0 Å². The minimum atomic E-state index is -0.124. The van der Waals surface area contributed by atoms with E-state index in [4.69, 9.17) is 32.7 Å². The second-order valence-corrected chi connectivity index (χ2v) is 5.22. The van der Waals surface area contributed by atoms with Gasteiger partial charge in [0.1, 0.15) is 5.75 Å². The first-order valence-electron chi connectivity index (χ1n) is 5.72. The van der Waals surface area contributed by atoms with Gasteiger partial charge in [0.25, 0.3) is 0 Å². The standard InChI is InChI=1S/C13H16Cl2O2/c1-8-10(5-6-17-8)13(15)11-7-9(14)3-4-12(11)16-2/h3-4,7-8,10,13H,5-6H2,1-2H3. The molecular weight excluding hydrogens is 259 g/mol. The molecule has 1 aromatic carbocycles. The third-order valence-corrected chi connectivity index (χ3v) is 4.09. The van der Waals surface area contributed by atoms with Gasteiger partial charge in [-0.3, -0.25) is 0 Å². The normalized spacial score (nSPS) is 25.9. The summed E-state index contributed by atoms with van der Waals surface area (Å²) in [5, 5.41) is 0.555. The zero-order chi connectivity index (χ0) is 12.4. The summed E-state index contributed by atoms with van der Waals surface area (Å²) in [5.41, 5.74) is 0.948. The van der Waals surface area contributed by atoms with E-state index in [2.05, 4.69) is 6.92 Å². The summed E-state index contributed by atoms with van der Waals surface area (Å²) in [4.78, 5) is 0. The van der Waals surface area contributed by atoms with Crippen LogP contribution in [-0.2, 0) is 4.74 Å². The van der Waals surface area contributed by atoms with Crippen molar-refractivity contribution in [2.24, 2.45) is 5.92 Å². The average molecular weight is 275 g/mol. The van der Waals surface area contributed by atoms with Gasteiger partial charge in [0, 0.05) is 23.1 Å². The van der Waals surface area contributed by atoms with E-state index in [1.54, 1.807) is 7.11 Å². The van der Waals surface area contributed by atoms with Crippen LogP contribution in [0, 0.1) is 5.92 Å². The predicted octanol–water partition coefficient (Wildman–Crippen LogP) is 4.05. The number of ether oxygens (including phenoxy) is 2. The molecule has 3 unspecified atom stereocenters. The molecule has 0 amide bonds. The van der Waals surface area contributed by atoms with E-state index in [-0.39, 0.29) is 11.5 Å². The molecule has 1 fully saturated rings. The molecule has 0 bridgehead atoms. The van der Waals surface area contributed by atoms with E-state index in [9.17, 15) is 0 Å². The lowest BCUT2D eigenvalue weighted by Gasteiger charge is -2.22. The van der Waals surface area contributed by atoms with Crippen molar-refractivity contribution >= 4 is 23.2 Å². The van der Waals surface area contributed by atoms with Gasteiger partial charge in [0.15, 0.2) is 0 Å². The second-order valence-electron chi connectivity index (χ2n) is 4.32. The fraction of sp³-hybridized carbons (Fsp3) is 0.538. The minimum absolute atomic E-state index is 0.124. The highest BCUT2D eigenvalue weighted by Crippen LogP contribution is 2.42. The van der Waals surface area contributed by atoms with E-state index in [0.717, 1.165) is 24.3 Å². The quantitative estimate of drug-likeness (QED) is 0.775. The van der Waals surface area contributed by atoms with Crippen LogP contribution in [0.1, 0.15) is 24.3 Å². The van der Waals surface area contributed by atoms with Gasteiger partial charge >= 0.3 is 0 Å². The Morgan fingerprint density at radius 1 is 1.47 bits per heavy atom. The molecule has 1 aliphatic heterocycles. The largest absolute Gasteiger partial charge is 0.496 e. The number of halogens is 2. The maximum atomic E-state index is 6.54. The van der Waals surface area contributed by atoms with Gasteiger partial charge in [-0.1, -0.05) is 11.6 Å². The Bertz CT molecular complexity index is 395. The van der Waals surface area contributed by atoms with E-state index in [1.165, 1.54) is 0 Å². The SMILES string of the molecule is COc1ccc(Cl)cc1C(Cl)C1CCOC1C. The summed E-state index contributed by atoms with van der Waals surface area (Å²) in [6, 6.07) is 5.54. The first-order valence-corrected chi connectivity index (χ1v) is 6.54. The number of hydrogen-bond acceptors (Lipinski definition) is 2. The van der Waals surface area contributed by atoms with Crippen LogP contribution in [0.15, 0.2) is 18.2 Å². The average Bonchev–Trinajstić information content (AvgIpc) is 2.74. The van der Waals surface area contributed by atoms with Crippen LogP contribution in [-0.4, -0.2) is 19.8 Å². The molecule has 4 heteroatoms. The zero-order valence-electron chi connectivity index (χ0n) is 9.95. The Morgan fingerprint density at radius 2 is 2.24 bits per heavy atom. The minimum Gasteiger partial charge on any atom is -0.496 e. The first-order chi connectivity index (χ1) is 8.13. The number of methoxy groups -OCH3 is 1. The van der Waals surface area contributed by atoms with Gasteiger partial charge in [-0.25, -0.2) is 0 Å². The molecular formula is C13H16Cl2O2. The number of rotatable bonds is 3. The van der Waals surface area contributed by atoms with Gasteiger partial charge in [-0.05, 0) is 31.5 Å². The second kappa shape index (κ2) is 5.47. The smallest absolute Gasteiger partial charge is 0.123 e. The summed E-state index contributed by atoms with van der Waals surface area (Å²) >= 11 is 12.6. The van der Waals surface area contributed by atoms with Crippen molar-refractivity contribution in [3.8, 4) is 5.75 Å². The van der Waals surface area contributed by atoms with E-state index in [0.29, 0.717) is 10.9 Å². The molecule has 0 aliphatic carbocycles.